The predicted molar refractivity (Wildman–Crippen MR) is 70.0 cm³/mol. The molecule has 0 aliphatic heterocycles. The van der Waals surface area contributed by atoms with Gasteiger partial charge in [0.2, 0.25) is 0 Å². The Morgan fingerprint density at radius 1 is 1.29 bits per heavy atom. The molecule has 0 radical (unpaired) electrons. The molecule has 3 heteroatoms. The fourth-order valence-corrected chi connectivity index (χ4v) is 1.46. The van der Waals surface area contributed by atoms with E-state index < -0.39 is 0 Å². The predicted octanol–water partition coefficient (Wildman–Crippen LogP) is 2.86. The second-order valence-electron chi connectivity index (χ2n) is 4.75. The Morgan fingerprint density at radius 2 is 2.00 bits per heavy atom. The maximum absolute atomic E-state index is 5.86. The lowest BCUT2D eigenvalue weighted by Crippen LogP contribution is -2.22. The van der Waals surface area contributed by atoms with Gasteiger partial charge < -0.3 is 15.2 Å². The summed E-state index contributed by atoms with van der Waals surface area (Å²) in [7, 11) is 1.66. The molecule has 0 amide bonds. The Labute approximate surface area is 104 Å². The molecule has 1 aromatic carbocycles. The molecule has 0 saturated carbocycles. The first-order valence-electron chi connectivity index (χ1n) is 6.02. The van der Waals surface area contributed by atoms with Crippen LogP contribution < -0.4 is 10.5 Å². The van der Waals surface area contributed by atoms with Crippen LogP contribution in [0.2, 0.25) is 0 Å². The van der Waals surface area contributed by atoms with Crippen LogP contribution >= 0.6 is 0 Å². The van der Waals surface area contributed by atoms with Crippen LogP contribution in [0, 0.1) is 0 Å². The van der Waals surface area contributed by atoms with E-state index >= 15 is 0 Å². The summed E-state index contributed by atoms with van der Waals surface area (Å²) in [5, 5.41) is 0. The third-order valence-electron chi connectivity index (χ3n) is 3.05. The van der Waals surface area contributed by atoms with Gasteiger partial charge in [-0.25, -0.2) is 0 Å². The molecule has 0 fully saturated rings. The van der Waals surface area contributed by atoms with Gasteiger partial charge in [-0.05, 0) is 38.0 Å². The highest BCUT2D eigenvalue weighted by Crippen LogP contribution is 2.22. The maximum Gasteiger partial charge on any atom is 0.123 e. The van der Waals surface area contributed by atoms with Crippen LogP contribution in [-0.2, 0) is 17.9 Å². The molecular formula is C14H23NO2. The molecule has 96 valence electrons. The summed E-state index contributed by atoms with van der Waals surface area (Å²) in [5.74, 6) is 0.839. The van der Waals surface area contributed by atoms with Crippen LogP contribution in [0.4, 0.5) is 0 Å². The van der Waals surface area contributed by atoms with Gasteiger partial charge in [0.25, 0.3) is 0 Å². The summed E-state index contributed by atoms with van der Waals surface area (Å²) in [5.41, 5.74) is 7.75. The van der Waals surface area contributed by atoms with Crippen LogP contribution in [0.1, 0.15) is 38.3 Å². The lowest BCUT2D eigenvalue weighted by molar-refractivity contribution is -0.0316. The van der Waals surface area contributed by atoms with Crippen molar-refractivity contribution in [1.29, 1.82) is 0 Å². The van der Waals surface area contributed by atoms with E-state index in [1.54, 1.807) is 7.11 Å². The van der Waals surface area contributed by atoms with Gasteiger partial charge in [-0.3, -0.25) is 0 Å². The number of nitrogens with two attached hydrogens (primary N) is 1. The number of ether oxygens (including phenoxy) is 2. The molecular weight excluding hydrogens is 214 g/mol. The van der Waals surface area contributed by atoms with Crippen molar-refractivity contribution in [3.63, 3.8) is 0 Å². The third-order valence-corrected chi connectivity index (χ3v) is 3.05. The molecule has 0 aliphatic carbocycles. The van der Waals surface area contributed by atoms with Crippen molar-refractivity contribution >= 4 is 0 Å². The van der Waals surface area contributed by atoms with Gasteiger partial charge in [0, 0.05) is 12.1 Å². The topological polar surface area (TPSA) is 44.5 Å². The fourth-order valence-electron chi connectivity index (χ4n) is 1.46. The van der Waals surface area contributed by atoms with Crippen molar-refractivity contribution in [2.45, 2.75) is 45.9 Å². The van der Waals surface area contributed by atoms with Crippen molar-refractivity contribution in [3.05, 3.63) is 29.3 Å². The summed E-state index contributed by atoms with van der Waals surface area (Å²) >= 11 is 0. The zero-order valence-electron chi connectivity index (χ0n) is 11.2. The van der Waals surface area contributed by atoms with Gasteiger partial charge >= 0.3 is 0 Å². The minimum absolute atomic E-state index is 0.0805. The smallest absolute Gasteiger partial charge is 0.123 e. The number of hydrogen-bond donors (Lipinski definition) is 1. The first kappa shape index (κ1) is 14.0. The van der Waals surface area contributed by atoms with Crippen LogP contribution in [-0.4, -0.2) is 12.7 Å². The number of methoxy groups -OCH3 is 1. The second kappa shape index (κ2) is 6.03. The average Bonchev–Trinajstić information content (AvgIpc) is 2.36. The SMILES string of the molecule is CCC(C)(C)OCc1ccc(OC)c(CN)c1. The molecule has 3 nitrogen and oxygen atoms in total. The third kappa shape index (κ3) is 4.02. The molecule has 0 aliphatic rings. The van der Waals surface area contributed by atoms with E-state index in [-0.39, 0.29) is 5.60 Å². The molecule has 1 aromatic rings. The van der Waals surface area contributed by atoms with Crippen LogP contribution in [0.15, 0.2) is 18.2 Å². The van der Waals surface area contributed by atoms with E-state index in [4.69, 9.17) is 15.2 Å². The monoisotopic (exact) mass is 237 g/mol. The summed E-state index contributed by atoms with van der Waals surface area (Å²) in [6.45, 7) is 7.41. The molecule has 0 saturated heterocycles. The molecule has 2 N–H and O–H groups in total. The molecule has 0 aromatic heterocycles. The Kier molecular flexibility index (Phi) is 4.97. The highest BCUT2D eigenvalue weighted by molar-refractivity contribution is 5.36. The van der Waals surface area contributed by atoms with E-state index in [1.807, 2.05) is 18.2 Å². The van der Waals surface area contributed by atoms with Crippen molar-refractivity contribution < 1.29 is 9.47 Å². The summed E-state index contributed by atoms with van der Waals surface area (Å²) in [6.07, 6.45) is 0.993. The van der Waals surface area contributed by atoms with Crippen molar-refractivity contribution in [1.82, 2.24) is 0 Å². The first-order chi connectivity index (χ1) is 8.02. The Bertz CT molecular complexity index is 361. The van der Waals surface area contributed by atoms with Crippen LogP contribution in [0.3, 0.4) is 0 Å². The minimum atomic E-state index is -0.0805. The summed E-state index contributed by atoms with van der Waals surface area (Å²) in [6, 6.07) is 6.01. The van der Waals surface area contributed by atoms with Gasteiger partial charge in [0.1, 0.15) is 5.75 Å². The van der Waals surface area contributed by atoms with Gasteiger partial charge in [-0.15, -0.1) is 0 Å². The fraction of sp³-hybridized carbons (Fsp3) is 0.571. The second-order valence-corrected chi connectivity index (χ2v) is 4.75. The van der Waals surface area contributed by atoms with E-state index in [2.05, 4.69) is 20.8 Å². The average molecular weight is 237 g/mol. The van der Waals surface area contributed by atoms with E-state index in [9.17, 15) is 0 Å². The zero-order valence-corrected chi connectivity index (χ0v) is 11.2. The van der Waals surface area contributed by atoms with E-state index in [0.717, 1.165) is 23.3 Å². The zero-order chi connectivity index (χ0) is 12.9. The molecule has 0 spiro atoms. The Hall–Kier alpha value is -1.06. The van der Waals surface area contributed by atoms with Crippen molar-refractivity contribution in [3.8, 4) is 5.75 Å². The number of benzene rings is 1. The normalized spacial score (nSPS) is 11.6. The first-order valence-corrected chi connectivity index (χ1v) is 6.02. The van der Waals surface area contributed by atoms with Crippen molar-refractivity contribution in [2.75, 3.05) is 7.11 Å². The highest BCUT2D eigenvalue weighted by atomic mass is 16.5. The standard InChI is InChI=1S/C14H23NO2/c1-5-14(2,3)17-10-11-6-7-13(16-4)12(8-11)9-15/h6-8H,5,9-10,15H2,1-4H3. The van der Waals surface area contributed by atoms with Crippen LogP contribution in [0.25, 0.3) is 0 Å². The molecule has 1 rings (SSSR count). The van der Waals surface area contributed by atoms with E-state index in [0.29, 0.717) is 13.2 Å². The molecule has 0 atom stereocenters. The quantitative estimate of drug-likeness (QED) is 0.827. The molecule has 0 unspecified atom stereocenters. The lowest BCUT2D eigenvalue weighted by Gasteiger charge is -2.23. The molecule has 0 bridgehead atoms. The van der Waals surface area contributed by atoms with Crippen molar-refractivity contribution in [2.24, 2.45) is 5.73 Å². The number of hydrogen-bond acceptors (Lipinski definition) is 3. The van der Waals surface area contributed by atoms with E-state index in [1.165, 1.54) is 0 Å². The summed E-state index contributed by atoms with van der Waals surface area (Å²) in [4.78, 5) is 0. The highest BCUT2D eigenvalue weighted by Gasteiger charge is 2.15. The van der Waals surface area contributed by atoms with Gasteiger partial charge in [0.05, 0.1) is 19.3 Å². The van der Waals surface area contributed by atoms with Gasteiger partial charge in [-0.2, -0.15) is 0 Å². The maximum atomic E-state index is 5.86. The molecule has 0 heterocycles. The minimum Gasteiger partial charge on any atom is -0.496 e. The van der Waals surface area contributed by atoms with Gasteiger partial charge in [-0.1, -0.05) is 13.0 Å². The molecule has 17 heavy (non-hydrogen) atoms. The Morgan fingerprint density at radius 3 is 2.53 bits per heavy atom. The van der Waals surface area contributed by atoms with Gasteiger partial charge in [0.15, 0.2) is 0 Å². The summed E-state index contributed by atoms with van der Waals surface area (Å²) < 4.78 is 11.1. The van der Waals surface area contributed by atoms with Crippen LogP contribution in [0.5, 0.6) is 5.75 Å². The Balaban J connectivity index is 2.73. The number of rotatable bonds is 6. The largest absolute Gasteiger partial charge is 0.496 e. The lowest BCUT2D eigenvalue weighted by atomic mass is 10.1.